The minimum absolute atomic E-state index is 0.106. The Bertz CT molecular complexity index is 1390. The molecule has 3 aromatic rings. The van der Waals surface area contributed by atoms with E-state index in [4.69, 9.17) is 24.3 Å². The highest BCUT2D eigenvalue weighted by Gasteiger charge is 2.23. The summed E-state index contributed by atoms with van der Waals surface area (Å²) in [5.74, 6) is 0.618. The summed E-state index contributed by atoms with van der Waals surface area (Å²) in [6.45, 7) is 24.6. The lowest BCUT2D eigenvalue weighted by atomic mass is 10.1. The molecule has 1 amide bonds. The predicted molar refractivity (Wildman–Crippen MR) is 182 cm³/mol. The Morgan fingerprint density at radius 1 is 1.05 bits per heavy atom. The molecule has 0 bridgehead atoms. The van der Waals surface area contributed by atoms with E-state index in [9.17, 15) is 4.79 Å². The molecule has 2 N–H and O–H groups in total. The van der Waals surface area contributed by atoms with Crippen LogP contribution in [0.3, 0.4) is 0 Å². The Labute approximate surface area is 264 Å². The van der Waals surface area contributed by atoms with Crippen LogP contribution >= 0.6 is 0 Å². The molecule has 0 spiro atoms. The number of nitrogens with zero attached hydrogens (tertiary/aromatic N) is 5. The lowest BCUT2D eigenvalue weighted by Gasteiger charge is -2.27. The number of amides is 1. The van der Waals surface area contributed by atoms with Gasteiger partial charge in [0.15, 0.2) is 11.5 Å². The van der Waals surface area contributed by atoms with E-state index < -0.39 is 22.2 Å². The molecule has 13 heteroatoms. The van der Waals surface area contributed by atoms with Gasteiger partial charge in [0.2, 0.25) is 0 Å². The first kappa shape index (κ1) is 34.1. The fourth-order valence-corrected chi connectivity index (χ4v) is 6.31. The van der Waals surface area contributed by atoms with E-state index in [1.165, 1.54) is 11.6 Å². The first-order valence-corrected chi connectivity index (χ1v) is 23.0. The smallest absolute Gasteiger partial charge is 0.412 e. The van der Waals surface area contributed by atoms with Crippen LogP contribution in [0.15, 0.2) is 37.1 Å². The summed E-state index contributed by atoms with van der Waals surface area (Å²) >= 11 is 0. The molecular weight excluding hydrogens is 591 g/mol. The second-order valence-corrected chi connectivity index (χ2v) is 25.1. The van der Waals surface area contributed by atoms with E-state index >= 15 is 0 Å². The van der Waals surface area contributed by atoms with Crippen molar-refractivity contribution in [1.82, 2.24) is 29.5 Å². The first-order valence-electron chi connectivity index (χ1n) is 15.6. The number of ether oxygens (including phenoxy) is 3. The van der Waals surface area contributed by atoms with Gasteiger partial charge in [0.25, 0.3) is 0 Å². The monoisotopic (exact) mass is 641 g/mol. The largest absolute Gasteiger partial charge is 0.445 e. The van der Waals surface area contributed by atoms with Crippen molar-refractivity contribution in [2.24, 2.45) is 0 Å². The maximum absolute atomic E-state index is 12.6. The first-order chi connectivity index (χ1) is 20.9. The number of benzene rings is 1. The number of imidazole rings is 1. The minimum atomic E-state index is -1.26. The van der Waals surface area contributed by atoms with Crippen LogP contribution in [0.25, 0.3) is 22.6 Å². The lowest BCUT2D eigenvalue weighted by molar-refractivity contribution is 0.0786. The third kappa shape index (κ3) is 10.4. The van der Waals surface area contributed by atoms with Crippen LogP contribution in [0.2, 0.25) is 51.4 Å². The molecular formula is C31H51N7O4Si2. The SMILES string of the molecule is C=CCOC(=O)Nc1cn(COCC[Si](C)(C)C)nc1-c1nc2ccc(CN3CCNCC3)cc2n1COCC[Si](C)(C)C. The van der Waals surface area contributed by atoms with E-state index in [1.54, 1.807) is 10.9 Å². The minimum Gasteiger partial charge on any atom is -0.445 e. The van der Waals surface area contributed by atoms with Gasteiger partial charge in [-0.1, -0.05) is 58.0 Å². The van der Waals surface area contributed by atoms with Gasteiger partial charge in [0, 0.05) is 62.1 Å². The molecule has 3 heterocycles. The van der Waals surface area contributed by atoms with Gasteiger partial charge in [0.1, 0.15) is 20.1 Å². The van der Waals surface area contributed by atoms with Crippen LogP contribution < -0.4 is 10.6 Å². The van der Waals surface area contributed by atoms with Crippen molar-refractivity contribution in [3.63, 3.8) is 0 Å². The van der Waals surface area contributed by atoms with Crippen molar-refractivity contribution in [1.29, 1.82) is 0 Å². The molecule has 11 nitrogen and oxygen atoms in total. The Kier molecular flexibility index (Phi) is 12.0. The number of carbonyl (C=O) groups excluding carboxylic acids is 1. The van der Waals surface area contributed by atoms with E-state index in [-0.39, 0.29) is 13.3 Å². The summed E-state index contributed by atoms with van der Waals surface area (Å²) in [6, 6.07) is 8.54. The van der Waals surface area contributed by atoms with Crippen LogP contribution in [0.5, 0.6) is 0 Å². The zero-order chi connectivity index (χ0) is 31.7. The number of rotatable bonds is 16. The molecule has 1 aliphatic heterocycles. The zero-order valence-corrected chi connectivity index (χ0v) is 29.4. The van der Waals surface area contributed by atoms with Gasteiger partial charge < -0.3 is 19.5 Å². The van der Waals surface area contributed by atoms with Gasteiger partial charge in [-0.3, -0.25) is 14.8 Å². The summed E-state index contributed by atoms with van der Waals surface area (Å²) in [4.78, 5) is 20.1. The van der Waals surface area contributed by atoms with Crippen LogP contribution in [-0.2, 0) is 34.2 Å². The number of carbonyl (C=O) groups is 1. The third-order valence-corrected chi connectivity index (χ3v) is 10.8. The second-order valence-electron chi connectivity index (χ2n) is 13.9. The van der Waals surface area contributed by atoms with Crippen LogP contribution in [0, 0.1) is 0 Å². The molecule has 0 saturated carbocycles. The topological polar surface area (TPSA) is 108 Å². The quantitative estimate of drug-likeness (QED) is 0.117. The fourth-order valence-electron chi connectivity index (χ4n) is 4.80. The highest BCUT2D eigenvalue weighted by Crippen LogP contribution is 2.31. The van der Waals surface area contributed by atoms with Crippen LogP contribution in [0.1, 0.15) is 5.56 Å². The van der Waals surface area contributed by atoms with Crippen molar-refractivity contribution in [3.05, 3.63) is 42.6 Å². The average Bonchev–Trinajstić information content (AvgIpc) is 3.52. The summed E-state index contributed by atoms with van der Waals surface area (Å²) in [7, 11) is -2.49. The molecule has 1 fully saturated rings. The van der Waals surface area contributed by atoms with Crippen LogP contribution in [0.4, 0.5) is 10.5 Å². The van der Waals surface area contributed by atoms with Gasteiger partial charge >= 0.3 is 6.09 Å². The summed E-state index contributed by atoms with van der Waals surface area (Å²) in [5, 5.41) is 11.1. The Hall–Kier alpha value is -2.82. The van der Waals surface area contributed by atoms with Crippen molar-refractivity contribution >= 4 is 39.0 Å². The summed E-state index contributed by atoms with van der Waals surface area (Å²) in [5.41, 5.74) is 4.07. The van der Waals surface area contributed by atoms with Crippen molar-refractivity contribution in [2.75, 3.05) is 51.3 Å². The van der Waals surface area contributed by atoms with Crippen molar-refractivity contribution in [2.45, 2.75) is 71.4 Å². The maximum atomic E-state index is 12.6. The Balaban J connectivity index is 1.68. The van der Waals surface area contributed by atoms with Gasteiger partial charge in [-0.05, 0) is 29.8 Å². The highest BCUT2D eigenvalue weighted by atomic mass is 28.3. The van der Waals surface area contributed by atoms with E-state index in [0.29, 0.717) is 37.2 Å². The second kappa shape index (κ2) is 15.5. The van der Waals surface area contributed by atoms with Gasteiger partial charge in [0.05, 0.1) is 22.9 Å². The third-order valence-electron chi connectivity index (χ3n) is 7.41. The maximum Gasteiger partial charge on any atom is 0.412 e. The molecule has 44 heavy (non-hydrogen) atoms. The van der Waals surface area contributed by atoms with Crippen molar-refractivity contribution in [3.8, 4) is 11.5 Å². The normalized spacial score (nSPS) is 14.7. The molecule has 4 rings (SSSR count). The van der Waals surface area contributed by atoms with Gasteiger partial charge in [-0.25, -0.2) is 14.5 Å². The number of anilines is 1. The molecule has 0 aliphatic carbocycles. The van der Waals surface area contributed by atoms with Crippen LogP contribution in [-0.4, -0.2) is 92.5 Å². The molecule has 0 atom stereocenters. The Morgan fingerprint density at radius 3 is 2.39 bits per heavy atom. The van der Waals surface area contributed by atoms with Gasteiger partial charge in [-0.2, -0.15) is 5.10 Å². The van der Waals surface area contributed by atoms with Crippen molar-refractivity contribution < 1.29 is 19.0 Å². The number of fused-ring (bicyclic) bond motifs is 1. The molecule has 1 aliphatic rings. The number of hydrogen-bond acceptors (Lipinski definition) is 8. The highest BCUT2D eigenvalue weighted by molar-refractivity contribution is 6.76. The lowest BCUT2D eigenvalue weighted by Crippen LogP contribution is -2.42. The standard InChI is InChI=1S/C31H51N7O4Si2/c1-8-15-42-31(39)34-27-22-37(23-40-16-18-43(2,3)4)35-29(27)30-33-26-10-9-25(21-36-13-11-32-12-14-36)20-28(26)38(30)24-41-17-19-44(5,6)7/h8-10,20,22,32H,1,11-19,21,23-24H2,2-7H3,(H,34,39). The molecule has 1 saturated heterocycles. The fraction of sp³-hybridized carbons (Fsp3) is 0.581. The number of piperazine rings is 1. The Morgan fingerprint density at radius 2 is 1.73 bits per heavy atom. The van der Waals surface area contributed by atoms with E-state index in [0.717, 1.165) is 55.8 Å². The molecule has 0 unspecified atom stereocenters. The van der Waals surface area contributed by atoms with E-state index in [1.807, 2.05) is 0 Å². The van der Waals surface area contributed by atoms with Gasteiger partial charge in [-0.15, -0.1) is 0 Å². The molecule has 0 radical (unpaired) electrons. The number of nitrogens with one attached hydrogen (secondary N) is 2. The summed E-state index contributed by atoms with van der Waals surface area (Å²) in [6.07, 6.45) is 2.72. The number of hydrogen-bond donors (Lipinski definition) is 2. The molecule has 2 aromatic heterocycles. The predicted octanol–water partition coefficient (Wildman–Crippen LogP) is 5.66. The van der Waals surface area contributed by atoms with E-state index in [2.05, 4.69) is 84.2 Å². The molecule has 242 valence electrons. The summed E-state index contributed by atoms with van der Waals surface area (Å²) < 4.78 is 21.2. The molecule has 1 aromatic carbocycles. The number of aromatic nitrogens is 4. The zero-order valence-electron chi connectivity index (χ0n) is 27.4. The average molecular weight is 642 g/mol.